The van der Waals surface area contributed by atoms with Crippen molar-refractivity contribution in [2.75, 3.05) is 5.32 Å². The Hall–Kier alpha value is -2.30. The van der Waals surface area contributed by atoms with Gasteiger partial charge >= 0.3 is 0 Å². The van der Waals surface area contributed by atoms with Crippen molar-refractivity contribution < 1.29 is 4.79 Å². The third-order valence-electron chi connectivity index (χ3n) is 4.35. The fourth-order valence-corrected chi connectivity index (χ4v) is 3.37. The molecular weight excluding hydrogens is 371 g/mol. The number of hydrogen-bond acceptors (Lipinski definition) is 2. The molecule has 6 heteroatoms. The van der Waals surface area contributed by atoms with Crippen LogP contribution in [-0.4, -0.2) is 10.5 Å². The Morgan fingerprint density at radius 3 is 2.54 bits per heavy atom. The normalized spacial score (nSPS) is 12.2. The van der Waals surface area contributed by atoms with Gasteiger partial charge in [0.25, 0.3) is 5.56 Å². The van der Waals surface area contributed by atoms with Gasteiger partial charge in [-0.15, -0.1) is 0 Å². The van der Waals surface area contributed by atoms with E-state index < -0.39 is 6.04 Å². The van der Waals surface area contributed by atoms with E-state index in [9.17, 15) is 9.59 Å². The minimum absolute atomic E-state index is 0.197. The van der Waals surface area contributed by atoms with Crippen LogP contribution in [0.5, 0.6) is 0 Å². The monoisotopic (exact) mass is 388 g/mol. The second-order valence-corrected chi connectivity index (χ2v) is 6.91. The van der Waals surface area contributed by atoms with E-state index in [0.29, 0.717) is 22.2 Å². The molecule has 1 heterocycles. The topological polar surface area (TPSA) is 51.1 Å². The third-order valence-corrected chi connectivity index (χ3v) is 5.09. The van der Waals surface area contributed by atoms with Gasteiger partial charge in [-0.25, -0.2) is 0 Å². The fraction of sp³-hybridized carbons (Fsp3) is 0.200. The van der Waals surface area contributed by atoms with Gasteiger partial charge in [-0.3, -0.25) is 14.2 Å². The Balaban J connectivity index is 2.03. The lowest BCUT2D eigenvalue weighted by Crippen LogP contribution is -2.33. The van der Waals surface area contributed by atoms with E-state index >= 15 is 0 Å². The third kappa shape index (κ3) is 3.48. The molecule has 0 radical (unpaired) electrons. The Kier molecular flexibility index (Phi) is 5.35. The van der Waals surface area contributed by atoms with Gasteiger partial charge in [0.1, 0.15) is 6.04 Å². The minimum Gasteiger partial charge on any atom is -0.324 e. The number of amides is 1. The maximum atomic E-state index is 12.9. The summed E-state index contributed by atoms with van der Waals surface area (Å²) in [6.45, 7) is 3.77. The van der Waals surface area contributed by atoms with E-state index in [-0.39, 0.29) is 11.5 Å². The number of rotatable bonds is 4. The second-order valence-electron chi connectivity index (χ2n) is 6.09. The summed E-state index contributed by atoms with van der Waals surface area (Å²) in [6, 6.07) is 13.4. The first-order valence-electron chi connectivity index (χ1n) is 8.29. The summed E-state index contributed by atoms with van der Waals surface area (Å²) < 4.78 is 1.55. The van der Waals surface area contributed by atoms with Crippen molar-refractivity contribution in [3.8, 4) is 0 Å². The molecule has 0 saturated heterocycles. The lowest BCUT2D eigenvalue weighted by molar-refractivity contribution is -0.119. The number of benzene rings is 2. The maximum Gasteiger partial charge on any atom is 0.252 e. The highest BCUT2D eigenvalue weighted by Gasteiger charge is 2.22. The van der Waals surface area contributed by atoms with Crippen LogP contribution < -0.4 is 10.9 Å². The summed E-state index contributed by atoms with van der Waals surface area (Å²) >= 11 is 11.9. The average Bonchev–Trinajstić information content (AvgIpc) is 2.61. The number of nitrogens with zero attached hydrogens (tertiary/aromatic N) is 1. The Labute approximate surface area is 161 Å². The highest BCUT2D eigenvalue weighted by Crippen LogP contribution is 2.26. The van der Waals surface area contributed by atoms with Crippen molar-refractivity contribution in [1.29, 1.82) is 0 Å². The van der Waals surface area contributed by atoms with Crippen molar-refractivity contribution >= 4 is 45.7 Å². The Morgan fingerprint density at radius 2 is 1.85 bits per heavy atom. The van der Waals surface area contributed by atoms with Crippen LogP contribution in [-0.2, 0) is 4.79 Å². The number of aromatic nitrogens is 1. The average molecular weight is 389 g/mol. The van der Waals surface area contributed by atoms with Crippen LogP contribution in [0.2, 0.25) is 10.0 Å². The molecule has 0 aliphatic carbocycles. The number of nitrogens with one attached hydrogen (secondary N) is 1. The summed E-state index contributed by atoms with van der Waals surface area (Å²) in [6.07, 6.45) is 0.472. The predicted molar refractivity (Wildman–Crippen MR) is 107 cm³/mol. The molecule has 4 nitrogen and oxygen atoms in total. The molecule has 1 N–H and O–H groups in total. The van der Waals surface area contributed by atoms with Crippen molar-refractivity contribution in [3.05, 3.63) is 74.5 Å². The van der Waals surface area contributed by atoms with E-state index in [1.165, 1.54) is 0 Å². The standard InChI is InChI=1S/C20H18Cl2N2O2/c1-3-17(20(26)23-13-8-9-15(21)16(22)11-13)24-18-7-5-4-6-14(18)12(2)10-19(24)25/h4-11,17H,3H2,1-2H3,(H,23,26). The molecule has 134 valence electrons. The van der Waals surface area contributed by atoms with Gasteiger partial charge in [-0.2, -0.15) is 0 Å². The lowest BCUT2D eigenvalue weighted by Gasteiger charge is -2.21. The Morgan fingerprint density at radius 1 is 1.12 bits per heavy atom. The number of aryl methyl sites for hydroxylation is 1. The number of anilines is 1. The van der Waals surface area contributed by atoms with Crippen LogP contribution >= 0.6 is 23.2 Å². The first kappa shape index (κ1) is 18.5. The molecule has 2 aromatic carbocycles. The van der Waals surface area contributed by atoms with Crippen LogP contribution in [0.15, 0.2) is 53.3 Å². The van der Waals surface area contributed by atoms with Crippen LogP contribution in [0.25, 0.3) is 10.9 Å². The van der Waals surface area contributed by atoms with Crippen LogP contribution in [0.3, 0.4) is 0 Å². The summed E-state index contributed by atoms with van der Waals surface area (Å²) in [4.78, 5) is 25.5. The smallest absolute Gasteiger partial charge is 0.252 e. The zero-order valence-electron chi connectivity index (χ0n) is 14.4. The van der Waals surface area contributed by atoms with Gasteiger partial charge in [0, 0.05) is 17.1 Å². The summed E-state index contributed by atoms with van der Waals surface area (Å²) in [5.74, 6) is -0.276. The quantitative estimate of drug-likeness (QED) is 0.666. The molecule has 1 atom stereocenters. The van der Waals surface area contributed by atoms with Crippen molar-refractivity contribution in [2.45, 2.75) is 26.3 Å². The molecule has 1 aromatic heterocycles. The predicted octanol–water partition coefficient (Wildman–Crippen LogP) is 5.21. The van der Waals surface area contributed by atoms with Gasteiger partial charge in [-0.1, -0.05) is 48.3 Å². The van der Waals surface area contributed by atoms with Gasteiger partial charge in [0.2, 0.25) is 5.91 Å². The number of hydrogen-bond donors (Lipinski definition) is 1. The number of fused-ring (bicyclic) bond motifs is 1. The first-order valence-corrected chi connectivity index (χ1v) is 9.04. The molecular formula is C20H18Cl2N2O2. The number of para-hydroxylation sites is 1. The minimum atomic E-state index is -0.637. The molecule has 0 saturated carbocycles. The molecule has 0 bridgehead atoms. The largest absolute Gasteiger partial charge is 0.324 e. The molecule has 0 spiro atoms. The molecule has 0 fully saturated rings. The maximum absolute atomic E-state index is 12.9. The molecule has 3 aromatic rings. The SMILES string of the molecule is CCC(C(=O)Nc1ccc(Cl)c(Cl)c1)n1c(=O)cc(C)c2ccccc21. The molecule has 1 unspecified atom stereocenters. The van der Waals surface area contributed by atoms with E-state index in [1.54, 1.807) is 28.8 Å². The number of carbonyl (C=O) groups excluding carboxylic acids is 1. The van der Waals surface area contributed by atoms with E-state index in [4.69, 9.17) is 23.2 Å². The molecule has 26 heavy (non-hydrogen) atoms. The highest BCUT2D eigenvalue weighted by molar-refractivity contribution is 6.42. The molecule has 0 aliphatic heterocycles. The zero-order chi connectivity index (χ0) is 18.8. The van der Waals surface area contributed by atoms with Gasteiger partial charge in [-0.05, 0) is 43.2 Å². The summed E-state index contributed by atoms with van der Waals surface area (Å²) in [7, 11) is 0. The lowest BCUT2D eigenvalue weighted by atomic mass is 10.1. The van der Waals surface area contributed by atoms with Crippen LogP contribution in [0, 0.1) is 6.92 Å². The van der Waals surface area contributed by atoms with Gasteiger partial charge < -0.3 is 5.32 Å². The number of carbonyl (C=O) groups is 1. The van der Waals surface area contributed by atoms with E-state index in [0.717, 1.165) is 16.5 Å². The van der Waals surface area contributed by atoms with E-state index in [2.05, 4.69) is 5.32 Å². The van der Waals surface area contributed by atoms with Crippen LogP contribution in [0.1, 0.15) is 24.9 Å². The summed E-state index contributed by atoms with van der Waals surface area (Å²) in [5.41, 5.74) is 1.97. The van der Waals surface area contributed by atoms with Crippen LogP contribution in [0.4, 0.5) is 5.69 Å². The fourth-order valence-electron chi connectivity index (χ4n) is 3.07. The van der Waals surface area contributed by atoms with Crippen molar-refractivity contribution in [1.82, 2.24) is 4.57 Å². The van der Waals surface area contributed by atoms with Gasteiger partial charge in [0.05, 0.1) is 15.6 Å². The highest BCUT2D eigenvalue weighted by atomic mass is 35.5. The molecule has 1 amide bonds. The summed E-state index contributed by atoms with van der Waals surface area (Å²) in [5, 5.41) is 4.55. The molecule has 3 rings (SSSR count). The Bertz CT molecular complexity index is 1040. The second kappa shape index (κ2) is 7.52. The number of halogens is 2. The van der Waals surface area contributed by atoms with Crippen molar-refractivity contribution in [2.24, 2.45) is 0 Å². The first-order chi connectivity index (χ1) is 12.4. The number of pyridine rings is 1. The zero-order valence-corrected chi connectivity index (χ0v) is 15.9. The van der Waals surface area contributed by atoms with Gasteiger partial charge in [0.15, 0.2) is 0 Å². The van der Waals surface area contributed by atoms with Crippen molar-refractivity contribution in [3.63, 3.8) is 0 Å². The van der Waals surface area contributed by atoms with E-state index in [1.807, 2.05) is 38.1 Å². The molecule has 0 aliphatic rings.